The Balaban J connectivity index is 1.34. The monoisotopic (exact) mass is 628 g/mol. The number of hydrogen-bond acceptors (Lipinski definition) is 6. The van der Waals surface area contributed by atoms with Crippen LogP contribution in [0.3, 0.4) is 0 Å². The van der Waals surface area contributed by atoms with E-state index in [4.69, 9.17) is 19.9 Å². The minimum atomic E-state index is -0.000424. The molecule has 38 heavy (non-hydrogen) atoms. The first-order valence-electron chi connectivity index (χ1n) is 12.2. The van der Waals surface area contributed by atoms with E-state index >= 15 is 0 Å². The molecular weight excluding hydrogens is 602 g/mol. The van der Waals surface area contributed by atoms with Gasteiger partial charge in [-0.05, 0) is 0 Å². The molecule has 6 rings (SSSR count). The molecule has 4 aromatic carbocycles. The van der Waals surface area contributed by atoms with Crippen LogP contribution in [-0.2, 0) is 0 Å². The van der Waals surface area contributed by atoms with Crippen LogP contribution in [0.25, 0.3) is 21.8 Å². The summed E-state index contributed by atoms with van der Waals surface area (Å²) < 4.78 is 1.69. The molecule has 2 N–H and O–H groups in total. The second-order valence-corrected chi connectivity index (χ2v) is 14.8. The van der Waals surface area contributed by atoms with Crippen LogP contribution in [-0.4, -0.2) is 46.2 Å². The van der Waals surface area contributed by atoms with Crippen molar-refractivity contribution in [2.45, 2.75) is 13.8 Å². The van der Waals surface area contributed by atoms with Crippen molar-refractivity contribution in [3.05, 3.63) is 108 Å². The van der Waals surface area contributed by atoms with Gasteiger partial charge in [-0.3, -0.25) is 0 Å². The average molecular weight is 626 g/mol. The Bertz CT molecular complexity index is 1610. The zero-order valence-electron chi connectivity index (χ0n) is 20.8. The van der Waals surface area contributed by atoms with Gasteiger partial charge < -0.3 is 0 Å². The molecule has 2 heterocycles. The summed E-state index contributed by atoms with van der Waals surface area (Å²) in [5, 5.41) is 9.02. The van der Waals surface area contributed by atoms with Crippen LogP contribution < -0.4 is 20.1 Å². The number of hydrogen-bond donors (Lipinski definition) is 2. The van der Waals surface area contributed by atoms with Gasteiger partial charge >= 0.3 is 233 Å². The maximum absolute atomic E-state index is 4.96. The molecule has 0 aliphatic carbocycles. The molecule has 0 saturated carbocycles. The van der Waals surface area contributed by atoms with E-state index in [1.54, 1.807) is 0 Å². The summed E-state index contributed by atoms with van der Waals surface area (Å²) in [7, 11) is 0. The quantitative estimate of drug-likeness (QED) is 0.245. The molecule has 0 radical (unpaired) electrons. The van der Waals surface area contributed by atoms with Crippen LogP contribution >= 0.6 is 0 Å². The third-order valence-electron chi connectivity index (χ3n) is 5.93. The van der Waals surface area contributed by atoms with Crippen LogP contribution in [0.5, 0.6) is 0 Å². The van der Waals surface area contributed by atoms with Gasteiger partial charge in [0.15, 0.2) is 0 Å². The number of nitrogens with one attached hydrogen (secondary N) is 2. The maximum atomic E-state index is 4.96. The van der Waals surface area contributed by atoms with Gasteiger partial charge in [0.05, 0.1) is 0 Å². The fraction of sp³-hybridized carbons (Fsp3) is 0.0667. The first kappa shape index (κ1) is 24.5. The number of rotatable bonds is 7. The Morgan fingerprint density at radius 2 is 0.921 bits per heavy atom. The van der Waals surface area contributed by atoms with Crippen molar-refractivity contribution in [1.29, 1.82) is 0 Å². The molecule has 0 spiro atoms. The first-order valence-corrected chi connectivity index (χ1v) is 18.2. The van der Waals surface area contributed by atoms with E-state index in [-0.39, 0.29) is 26.3 Å². The summed E-state index contributed by atoms with van der Waals surface area (Å²) in [5.74, 6) is 1.66. The molecule has 2 aromatic heterocycles. The molecule has 0 amide bonds. The van der Waals surface area contributed by atoms with E-state index in [0.717, 1.165) is 54.3 Å². The topological polar surface area (TPSA) is 75.6 Å². The number of nitrogens with zero attached hydrogens (tertiary/aromatic N) is 4. The molecule has 0 atom stereocenters. The summed E-state index contributed by atoms with van der Waals surface area (Å²) >= 11 is -0.000848. The second-order valence-electron chi connectivity index (χ2n) is 8.90. The van der Waals surface area contributed by atoms with Crippen molar-refractivity contribution in [1.82, 2.24) is 19.9 Å². The van der Waals surface area contributed by atoms with Crippen molar-refractivity contribution in [2.24, 2.45) is 0 Å². The molecule has 0 unspecified atom stereocenters. The number of aryl methyl sites for hydroxylation is 2. The summed E-state index contributed by atoms with van der Waals surface area (Å²) in [4.78, 5) is 19.8. The van der Waals surface area contributed by atoms with Crippen molar-refractivity contribution in [2.75, 3.05) is 10.6 Å². The molecule has 0 aliphatic rings. The van der Waals surface area contributed by atoms with Crippen molar-refractivity contribution in [3.63, 3.8) is 0 Å². The van der Waals surface area contributed by atoms with Crippen LogP contribution in [0.15, 0.2) is 97.1 Å². The Hall–Kier alpha value is -3.80. The number of anilines is 4. The standard InChI is InChI=1S/C30H24N6Se2/c1-19-13-15-23-25(17-19)33-29(35-27(23)31-21-9-5-3-6-10-21)37-38-30-34-26-18-20(2)14-16-24(26)28(36-30)32-22-11-7-4-8-12-22/h3-18H,1-2H3,(H,31,33,35)(H,32,34,36). The fourth-order valence-corrected chi connectivity index (χ4v) is 8.76. The van der Waals surface area contributed by atoms with Gasteiger partial charge in [0, 0.05) is 0 Å². The van der Waals surface area contributed by atoms with Crippen LogP contribution in [0.4, 0.5) is 23.0 Å². The van der Waals surface area contributed by atoms with Crippen LogP contribution in [0.1, 0.15) is 11.1 Å². The van der Waals surface area contributed by atoms with E-state index in [1.807, 2.05) is 60.7 Å². The molecule has 0 bridgehead atoms. The summed E-state index contributed by atoms with van der Waals surface area (Å²) in [6.45, 7) is 4.18. The van der Waals surface area contributed by atoms with Gasteiger partial charge in [0.2, 0.25) is 0 Å². The van der Waals surface area contributed by atoms with Gasteiger partial charge in [0.25, 0.3) is 0 Å². The molecule has 6 aromatic rings. The summed E-state index contributed by atoms with van der Waals surface area (Å²) in [5.41, 5.74) is 6.26. The molecule has 186 valence electrons. The van der Waals surface area contributed by atoms with Gasteiger partial charge in [-0.25, -0.2) is 0 Å². The SMILES string of the molecule is Cc1ccc2c(Nc3ccccc3)nc([Se][Se]c3nc(Nc4ccccc4)c4ccc(C)cc4n3)nc2c1. The Morgan fingerprint density at radius 1 is 0.500 bits per heavy atom. The fourth-order valence-electron chi connectivity index (χ4n) is 4.09. The van der Waals surface area contributed by atoms with E-state index in [9.17, 15) is 0 Å². The van der Waals surface area contributed by atoms with E-state index in [2.05, 4.69) is 60.9 Å². The molecule has 0 aliphatic heterocycles. The van der Waals surface area contributed by atoms with Crippen molar-refractivity contribution >= 4 is 80.5 Å². The van der Waals surface area contributed by atoms with Gasteiger partial charge in [-0.15, -0.1) is 0 Å². The Morgan fingerprint density at radius 3 is 1.34 bits per heavy atom. The normalized spacial score (nSPS) is 11.1. The zero-order chi connectivity index (χ0) is 25.9. The van der Waals surface area contributed by atoms with Gasteiger partial charge in [-0.1, -0.05) is 0 Å². The average Bonchev–Trinajstić information content (AvgIpc) is 2.92. The van der Waals surface area contributed by atoms with E-state index in [1.165, 1.54) is 11.1 Å². The molecule has 6 nitrogen and oxygen atoms in total. The molecular formula is C30H24N6Se2. The minimum absolute atomic E-state index is 0.000424. The third kappa shape index (κ3) is 5.54. The Kier molecular flexibility index (Phi) is 7.04. The van der Waals surface area contributed by atoms with Crippen LogP contribution in [0.2, 0.25) is 0 Å². The first-order chi connectivity index (χ1) is 18.6. The number of benzene rings is 4. The van der Waals surface area contributed by atoms with Crippen LogP contribution in [0, 0.1) is 13.8 Å². The predicted octanol–water partition coefficient (Wildman–Crippen LogP) is 4.95. The van der Waals surface area contributed by atoms with E-state index < -0.39 is 0 Å². The molecule has 0 saturated heterocycles. The van der Waals surface area contributed by atoms with Gasteiger partial charge in [-0.2, -0.15) is 0 Å². The number of para-hydroxylation sites is 2. The molecule has 8 heteroatoms. The third-order valence-corrected chi connectivity index (χ3v) is 11.7. The predicted molar refractivity (Wildman–Crippen MR) is 159 cm³/mol. The van der Waals surface area contributed by atoms with Crippen molar-refractivity contribution < 1.29 is 0 Å². The summed E-state index contributed by atoms with van der Waals surface area (Å²) in [6, 6.07) is 32.9. The number of aromatic nitrogens is 4. The summed E-state index contributed by atoms with van der Waals surface area (Å²) in [6.07, 6.45) is 0. The Labute approximate surface area is 232 Å². The zero-order valence-corrected chi connectivity index (χ0v) is 24.3. The van der Waals surface area contributed by atoms with Crippen molar-refractivity contribution in [3.8, 4) is 0 Å². The molecule has 0 fully saturated rings. The van der Waals surface area contributed by atoms with E-state index in [0.29, 0.717) is 0 Å². The second kappa shape index (κ2) is 10.9. The number of fused-ring (bicyclic) bond motifs is 2. The van der Waals surface area contributed by atoms with Gasteiger partial charge in [0.1, 0.15) is 0 Å².